The third-order valence-electron chi connectivity index (χ3n) is 7.37. The zero-order valence-electron chi connectivity index (χ0n) is 19.6. The Morgan fingerprint density at radius 2 is 1.91 bits per heavy atom. The molecule has 1 fully saturated rings. The third kappa shape index (κ3) is 4.35. The van der Waals surface area contributed by atoms with E-state index in [0.29, 0.717) is 18.2 Å². The minimum absolute atomic E-state index is 0.0851. The van der Waals surface area contributed by atoms with Crippen molar-refractivity contribution in [3.63, 3.8) is 0 Å². The lowest BCUT2D eigenvalue weighted by Crippen LogP contribution is -2.52. The summed E-state index contributed by atoms with van der Waals surface area (Å²) in [5.74, 6) is -0.367. The normalized spacial score (nSPS) is 21.2. The first kappa shape index (κ1) is 21.9. The number of hydrogen-bond donors (Lipinski definition) is 1. The summed E-state index contributed by atoms with van der Waals surface area (Å²) in [5.41, 5.74) is 11.1. The van der Waals surface area contributed by atoms with Gasteiger partial charge in [-0.05, 0) is 67.0 Å². The largest absolute Gasteiger partial charge is 0.373 e. The van der Waals surface area contributed by atoms with Crippen LogP contribution in [0.15, 0.2) is 54.6 Å². The van der Waals surface area contributed by atoms with E-state index >= 15 is 0 Å². The summed E-state index contributed by atoms with van der Waals surface area (Å²) >= 11 is 0. The minimum atomic E-state index is -0.367. The maximum Gasteiger partial charge on any atom is 0.248 e. The number of rotatable bonds is 5. The monoisotopic (exact) mass is 443 g/mol. The van der Waals surface area contributed by atoms with Crippen molar-refractivity contribution < 1.29 is 9.53 Å². The average molecular weight is 444 g/mol. The van der Waals surface area contributed by atoms with Gasteiger partial charge < -0.3 is 15.4 Å². The van der Waals surface area contributed by atoms with Crippen molar-refractivity contribution in [3.8, 4) is 0 Å². The molecular weight excluding hydrogens is 410 g/mol. The second-order valence-electron chi connectivity index (χ2n) is 9.45. The van der Waals surface area contributed by atoms with Crippen molar-refractivity contribution >= 4 is 22.4 Å². The molecule has 5 rings (SSSR count). The van der Waals surface area contributed by atoms with E-state index in [1.807, 2.05) is 18.2 Å². The number of nitrogens with zero attached hydrogens (tertiary/aromatic N) is 2. The minimum Gasteiger partial charge on any atom is -0.373 e. The van der Waals surface area contributed by atoms with Crippen molar-refractivity contribution in [2.24, 2.45) is 5.73 Å². The molecule has 0 radical (unpaired) electrons. The van der Waals surface area contributed by atoms with Crippen LogP contribution < -0.4 is 10.6 Å². The first-order chi connectivity index (χ1) is 16.0. The number of carbonyl (C=O) groups is 1. The SMILES string of the molecule is Cc1ccc(N2CCN(CC[C@@H]3OCCc4cc(C(N)=O)ccc43)[C@H](C)C2)c2ccccc12. The molecule has 0 aliphatic carbocycles. The summed E-state index contributed by atoms with van der Waals surface area (Å²) in [5, 5.41) is 2.69. The summed E-state index contributed by atoms with van der Waals surface area (Å²) in [6.45, 7) is 9.32. The highest BCUT2D eigenvalue weighted by molar-refractivity contribution is 5.96. The Morgan fingerprint density at radius 3 is 2.70 bits per heavy atom. The summed E-state index contributed by atoms with van der Waals surface area (Å²) in [6.07, 6.45) is 1.88. The van der Waals surface area contributed by atoms with Crippen molar-refractivity contribution in [2.45, 2.75) is 38.8 Å². The van der Waals surface area contributed by atoms with E-state index < -0.39 is 0 Å². The van der Waals surface area contributed by atoms with Crippen LogP contribution in [0, 0.1) is 6.92 Å². The van der Waals surface area contributed by atoms with Crippen molar-refractivity contribution in [3.05, 3.63) is 76.9 Å². The molecule has 2 heterocycles. The van der Waals surface area contributed by atoms with Crippen LogP contribution in [0.5, 0.6) is 0 Å². The standard InChI is InChI=1S/C28H33N3O2/c1-19-7-10-26(25-6-4-3-5-23(19)25)31-15-14-30(20(2)18-31)13-11-27-24-9-8-22(28(29)32)17-21(24)12-16-33-27/h3-10,17,20,27H,11-16,18H2,1-2H3,(H2,29,32)/t20-,27+/m1/s1. The number of anilines is 1. The van der Waals surface area contributed by atoms with Gasteiger partial charge in [0.2, 0.25) is 5.91 Å². The topological polar surface area (TPSA) is 58.8 Å². The van der Waals surface area contributed by atoms with Gasteiger partial charge in [0.1, 0.15) is 0 Å². The molecule has 2 N–H and O–H groups in total. The molecular formula is C28H33N3O2. The van der Waals surface area contributed by atoms with E-state index in [1.54, 1.807) is 0 Å². The molecule has 2 aliphatic rings. The van der Waals surface area contributed by atoms with Gasteiger partial charge in [-0.2, -0.15) is 0 Å². The molecule has 3 aromatic carbocycles. The fourth-order valence-corrected chi connectivity index (χ4v) is 5.47. The van der Waals surface area contributed by atoms with Gasteiger partial charge in [0.05, 0.1) is 12.7 Å². The molecule has 1 saturated heterocycles. The van der Waals surface area contributed by atoms with E-state index in [9.17, 15) is 4.79 Å². The number of piperazine rings is 1. The summed E-state index contributed by atoms with van der Waals surface area (Å²) in [4.78, 5) is 16.7. The lowest BCUT2D eigenvalue weighted by Gasteiger charge is -2.42. The second-order valence-corrected chi connectivity index (χ2v) is 9.45. The predicted octanol–water partition coefficient (Wildman–Crippen LogP) is 4.46. The Hall–Kier alpha value is -2.89. The lowest BCUT2D eigenvalue weighted by atomic mass is 9.93. The smallest absolute Gasteiger partial charge is 0.248 e. The van der Waals surface area contributed by atoms with Crippen LogP contribution in [0.1, 0.15) is 46.5 Å². The maximum absolute atomic E-state index is 11.5. The van der Waals surface area contributed by atoms with Gasteiger partial charge in [-0.1, -0.05) is 36.4 Å². The molecule has 0 bridgehead atoms. The molecule has 2 atom stereocenters. The number of nitrogens with two attached hydrogens (primary N) is 1. The van der Waals surface area contributed by atoms with Crippen LogP contribution in [0.4, 0.5) is 5.69 Å². The molecule has 0 aromatic heterocycles. The first-order valence-corrected chi connectivity index (χ1v) is 12.0. The van der Waals surface area contributed by atoms with Crippen LogP contribution in [0.25, 0.3) is 10.8 Å². The van der Waals surface area contributed by atoms with Crippen LogP contribution in [-0.4, -0.2) is 49.6 Å². The van der Waals surface area contributed by atoms with Crippen LogP contribution in [0.2, 0.25) is 0 Å². The summed E-state index contributed by atoms with van der Waals surface area (Å²) in [6, 6.07) is 19.5. The Labute approximate surface area is 196 Å². The van der Waals surface area contributed by atoms with E-state index in [4.69, 9.17) is 10.5 Å². The van der Waals surface area contributed by atoms with E-state index in [2.05, 4.69) is 60.0 Å². The van der Waals surface area contributed by atoms with Gasteiger partial charge in [0, 0.05) is 48.9 Å². The summed E-state index contributed by atoms with van der Waals surface area (Å²) in [7, 11) is 0. The van der Waals surface area contributed by atoms with Crippen LogP contribution in [-0.2, 0) is 11.2 Å². The highest BCUT2D eigenvalue weighted by Crippen LogP contribution is 2.33. The number of primary amides is 1. The number of carbonyl (C=O) groups excluding carboxylic acids is 1. The van der Waals surface area contributed by atoms with Crippen molar-refractivity contribution in [1.29, 1.82) is 0 Å². The van der Waals surface area contributed by atoms with Gasteiger partial charge in [-0.15, -0.1) is 0 Å². The lowest BCUT2D eigenvalue weighted by molar-refractivity contribution is 0.0255. The van der Waals surface area contributed by atoms with Gasteiger partial charge >= 0.3 is 0 Å². The summed E-state index contributed by atoms with van der Waals surface area (Å²) < 4.78 is 6.13. The predicted molar refractivity (Wildman–Crippen MR) is 134 cm³/mol. The highest BCUT2D eigenvalue weighted by Gasteiger charge is 2.27. The zero-order valence-corrected chi connectivity index (χ0v) is 19.6. The Balaban J connectivity index is 1.25. The fraction of sp³-hybridized carbons (Fsp3) is 0.393. The van der Waals surface area contributed by atoms with E-state index in [0.717, 1.165) is 39.0 Å². The molecule has 2 aliphatic heterocycles. The van der Waals surface area contributed by atoms with E-state index in [1.165, 1.54) is 33.2 Å². The number of benzene rings is 3. The second kappa shape index (κ2) is 9.16. The highest BCUT2D eigenvalue weighted by atomic mass is 16.5. The number of fused-ring (bicyclic) bond motifs is 2. The molecule has 172 valence electrons. The molecule has 1 amide bonds. The first-order valence-electron chi connectivity index (χ1n) is 12.0. The van der Waals surface area contributed by atoms with E-state index in [-0.39, 0.29) is 12.0 Å². The van der Waals surface area contributed by atoms with Crippen molar-refractivity contribution in [2.75, 3.05) is 37.7 Å². The van der Waals surface area contributed by atoms with Crippen molar-refractivity contribution in [1.82, 2.24) is 4.90 Å². The molecule has 33 heavy (non-hydrogen) atoms. The number of amides is 1. The molecule has 5 nitrogen and oxygen atoms in total. The number of aryl methyl sites for hydroxylation is 1. The Morgan fingerprint density at radius 1 is 1.09 bits per heavy atom. The molecule has 0 saturated carbocycles. The molecule has 5 heteroatoms. The van der Waals surface area contributed by atoms with Crippen LogP contribution in [0.3, 0.4) is 0 Å². The third-order valence-corrected chi connectivity index (χ3v) is 7.37. The molecule has 0 unspecified atom stereocenters. The maximum atomic E-state index is 11.5. The quantitative estimate of drug-likeness (QED) is 0.632. The Bertz CT molecular complexity index is 1180. The van der Waals surface area contributed by atoms with Gasteiger partial charge in [0.25, 0.3) is 0 Å². The molecule has 0 spiro atoms. The zero-order chi connectivity index (χ0) is 22.9. The average Bonchev–Trinajstić information content (AvgIpc) is 2.83. The number of ether oxygens (including phenoxy) is 1. The molecule has 3 aromatic rings. The van der Waals surface area contributed by atoms with Gasteiger partial charge in [-0.3, -0.25) is 9.69 Å². The van der Waals surface area contributed by atoms with Crippen LogP contribution >= 0.6 is 0 Å². The Kier molecular flexibility index (Phi) is 6.09. The van der Waals surface area contributed by atoms with Gasteiger partial charge in [-0.25, -0.2) is 0 Å². The fourth-order valence-electron chi connectivity index (χ4n) is 5.47. The number of hydrogen-bond acceptors (Lipinski definition) is 4. The van der Waals surface area contributed by atoms with Gasteiger partial charge in [0.15, 0.2) is 0 Å².